The zero-order valence-electron chi connectivity index (χ0n) is 14.5. The molecule has 0 aliphatic carbocycles. The highest BCUT2D eigenvalue weighted by Gasteiger charge is 2.20. The Morgan fingerprint density at radius 3 is 2.88 bits per heavy atom. The minimum Gasteiger partial charge on any atom is -0.376 e. The fourth-order valence-electron chi connectivity index (χ4n) is 3.42. The maximum atomic E-state index is 5.82. The predicted octanol–water partition coefficient (Wildman–Crippen LogP) is 4.47. The van der Waals surface area contributed by atoms with Gasteiger partial charge >= 0.3 is 0 Å². The molecule has 1 unspecified atom stereocenters. The summed E-state index contributed by atoms with van der Waals surface area (Å²) in [6, 6.07) is 15.1. The van der Waals surface area contributed by atoms with E-state index in [4.69, 9.17) is 4.74 Å². The summed E-state index contributed by atoms with van der Waals surface area (Å²) in [5.41, 5.74) is 1.34. The third-order valence-electron chi connectivity index (χ3n) is 4.76. The third-order valence-corrected chi connectivity index (χ3v) is 5.77. The van der Waals surface area contributed by atoms with E-state index in [0.717, 1.165) is 49.1 Å². The van der Waals surface area contributed by atoms with E-state index in [2.05, 4.69) is 64.2 Å². The maximum Gasteiger partial charge on any atom is 0.191 e. The first-order valence-electron chi connectivity index (χ1n) is 8.98. The molecule has 25 heavy (non-hydrogen) atoms. The van der Waals surface area contributed by atoms with Crippen LogP contribution in [0.2, 0.25) is 0 Å². The number of hydrogen-bond donors (Lipinski definition) is 0. The van der Waals surface area contributed by atoms with E-state index >= 15 is 0 Å². The average molecular weight is 353 g/mol. The second kappa shape index (κ2) is 7.58. The first-order valence-corrected chi connectivity index (χ1v) is 9.97. The van der Waals surface area contributed by atoms with Gasteiger partial charge in [0.2, 0.25) is 0 Å². The predicted molar refractivity (Wildman–Crippen MR) is 102 cm³/mol. The van der Waals surface area contributed by atoms with Crippen LogP contribution in [0.3, 0.4) is 0 Å². The highest BCUT2D eigenvalue weighted by Crippen LogP contribution is 2.28. The Balaban J connectivity index is 1.55. The highest BCUT2D eigenvalue weighted by atomic mass is 32.2. The van der Waals surface area contributed by atoms with Gasteiger partial charge in [-0.1, -0.05) is 61.2 Å². The number of aryl methyl sites for hydroxylation is 1. The Labute approximate surface area is 152 Å². The molecule has 5 heteroatoms. The first-order chi connectivity index (χ1) is 12.3. The smallest absolute Gasteiger partial charge is 0.191 e. The Hall–Kier alpha value is -1.85. The van der Waals surface area contributed by atoms with E-state index in [1.54, 1.807) is 11.8 Å². The topological polar surface area (TPSA) is 39.9 Å². The SMILES string of the molecule is CCc1nnc(SCc2cccc3ccccc23)n1CC1CCCO1. The Morgan fingerprint density at radius 1 is 1.16 bits per heavy atom. The maximum absolute atomic E-state index is 5.82. The lowest BCUT2D eigenvalue weighted by Gasteiger charge is -2.14. The van der Waals surface area contributed by atoms with E-state index in [1.807, 2.05) is 0 Å². The lowest BCUT2D eigenvalue weighted by Crippen LogP contribution is -2.17. The Morgan fingerprint density at radius 2 is 2.04 bits per heavy atom. The number of fused-ring (bicyclic) bond motifs is 1. The van der Waals surface area contributed by atoms with Crippen molar-refractivity contribution in [2.45, 2.75) is 49.7 Å². The summed E-state index contributed by atoms with van der Waals surface area (Å²) < 4.78 is 8.07. The van der Waals surface area contributed by atoms with Gasteiger partial charge in [0.25, 0.3) is 0 Å². The molecule has 1 saturated heterocycles. The quantitative estimate of drug-likeness (QED) is 0.613. The monoisotopic (exact) mass is 353 g/mol. The summed E-state index contributed by atoms with van der Waals surface area (Å²) in [6.45, 7) is 3.88. The molecule has 0 bridgehead atoms. The van der Waals surface area contributed by atoms with Gasteiger partial charge in [0.1, 0.15) is 5.82 Å². The zero-order valence-corrected chi connectivity index (χ0v) is 15.3. The summed E-state index contributed by atoms with van der Waals surface area (Å²) in [6.07, 6.45) is 3.49. The van der Waals surface area contributed by atoms with Crippen LogP contribution in [-0.4, -0.2) is 27.5 Å². The summed E-state index contributed by atoms with van der Waals surface area (Å²) in [5, 5.41) is 12.4. The number of ether oxygens (including phenoxy) is 1. The fourth-order valence-corrected chi connectivity index (χ4v) is 4.39. The molecule has 2 heterocycles. The van der Waals surface area contributed by atoms with Crippen LogP contribution in [0.1, 0.15) is 31.2 Å². The number of benzene rings is 2. The molecule has 0 amide bonds. The molecular weight excluding hydrogens is 330 g/mol. The van der Waals surface area contributed by atoms with Crippen molar-refractivity contribution in [1.29, 1.82) is 0 Å². The molecule has 0 spiro atoms. The first kappa shape index (κ1) is 16.6. The van der Waals surface area contributed by atoms with Gasteiger partial charge in [0.15, 0.2) is 5.16 Å². The zero-order chi connectivity index (χ0) is 17.1. The molecular formula is C20H23N3OS. The van der Waals surface area contributed by atoms with Gasteiger partial charge in [-0.25, -0.2) is 0 Å². The van der Waals surface area contributed by atoms with E-state index in [1.165, 1.54) is 16.3 Å². The fraction of sp³-hybridized carbons (Fsp3) is 0.400. The number of aromatic nitrogens is 3. The molecule has 1 fully saturated rings. The summed E-state index contributed by atoms with van der Waals surface area (Å²) in [7, 11) is 0. The summed E-state index contributed by atoms with van der Waals surface area (Å²) >= 11 is 1.77. The molecule has 2 aromatic carbocycles. The van der Waals surface area contributed by atoms with Crippen LogP contribution in [0.5, 0.6) is 0 Å². The molecule has 1 atom stereocenters. The lowest BCUT2D eigenvalue weighted by molar-refractivity contribution is 0.0942. The van der Waals surface area contributed by atoms with Crippen LogP contribution in [0, 0.1) is 0 Å². The largest absolute Gasteiger partial charge is 0.376 e. The van der Waals surface area contributed by atoms with Crippen LogP contribution < -0.4 is 0 Å². The van der Waals surface area contributed by atoms with Crippen LogP contribution in [0.25, 0.3) is 10.8 Å². The van der Waals surface area contributed by atoms with Gasteiger partial charge in [0, 0.05) is 18.8 Å². The molecule has 4 rings (SSSR count). The Bertz CT molecular complexity index is 850. The molecule has 1 aliphatic rings. The second-order valence-electron chi connectivity index (χ2n) is 6.42. The van der Waals surface area contributed by atoms with E-state index in [0.29, 0.717) is 6.10 Å². The molecule has 1 aliphatic heterocycles. The van der Waals surface area contributed by atoms with Crippen molar-refractivity contribution in [3.8, 4) is 0 Å². The van der Waals surface area contributed by atoms with Crippen molar-refractivity contribution in [2.75, 3.05) is 6.61 Å². The van der Waals surface area contributed by atoms with Crippen LogP contribution in [-0.2, 0) is 23.5 Å². The standard InChI is InChI=1S/C20H23N3OS/c1-2-19-21-22-20(23(19)13-17-10-6-12-24-17)25-14-16-9-5-8-15-7-3-4-11-18(15)16/h3-5,7-9,11,17H,2,6,10,12-14H2,1H3. The van der Waals surface area contributed by atoms with Crippen LogP contribution in [0.15, 0.2) is 47.6 Å². The minimum atomic E-state index is 0.304. The normalized spacial score (nSPS) is 17.4. The average Bonchev–Trinajstić information content (AvgIpc) is 3.30. The van der Waals surface area contributed by atoms with Gasteiger partial charge in [0.05, 0.1) is 12.6 Å². The molecule has 1 aromatic heterocycles. The van der Waals surface area contributed by atoms with Gasteiger partial charge in [-0.3, -0.25) is 0 Å². The van der Waals surface area contributed by atoms with Crippen molar-refractivity contribution in [3.05, 3.63) is 53.9 Å². The molecule has 4 nitrogen and oxygen atoms in total. The lowest BCUT2D eigenvalue weighted by atomic mass is 10.1. The van der Waals surface area contributed by atoms with Crippen molar-refractivity contribution >= 4 is 22.5 Å². The van der Waals surface area contributed by atoms with Crippen molar-refractivity contribution in [3.63, 3.8) is 0 Å². The summed E-state index contributed by atoms with van der Waals surface area (Å²) in [5.74, 6) is 1.95. The number of nitrogens with zero attached hydrogens (tertiary/aromatic N) is 3. The van der Waals surface area contributed by atoms with Gasteiger partial charge in [-0.05, 0) is 29.2 Å². The number of rotatable bonds is 6. The molecule has 0 N–H and O–H groups in total. The highest BCUT2D eigenvalue weighted by molar-refractivity contribution is 7.98. The van der Waals surface area contributed by atoms with Crippen molar-refractivity contribution in [2.24, 2.45) is 0 Å². The molecule has 130 valence electrons. The molecule has 0 radical (unpaired) electrons. The second-order valence-corrected chi connectivity index (χ2v) is 7.37. The minimum absolute atomic E-state index is 0.304. The summed E-state index contributed by atoms with van der Waals surface area (Å²) in [4.78, 5) is 0. The number of hydrogen-bond acceptors (Lipinski definition) is 4. The van der Waals surface area contributed by atoms with E-state index in [9.17, 15) is 0 Å². The van der Waals surface area contributed by atoms with Gasteiger partial charge in [-0.15, -0.1) is 10.2 Å². The van der Waals surface area contributed by atoms with Crippen molar-refractivity contribution in [1.82, 2.24) is 14.8 Å². The van der Waals surface area contributed by atoms with Crippen molar-refractivity contribution < 1.29 is 4.74 Å². The van der Waals surface area contributed by atoms with E-state index in [-0.39, 0.29) is 0 Å². The molecule has 0 saturated carbocycles. The third kappa shape index (κ3) is 3.58. The van der Waals surface area contributed by atoms with Crippen LogP contribution >= 0.6 is 11.8 Å². The molecule has 3 aromatic rings. The van der Waals surface area contributed by atoms with Gasteiger partial charge in [-0.2, -0.15) is 0 Å². The number of thioether (sulfide) groups is 1. The van der Waals surface area contributed by atoms with Gasteiger partial charge < -0.3 is 9.30 Å². The van der Waals surface area contributed by atoms with E-state index < -0.39 is 0 Å². The Kier molecular flexibility index (Phi) is 5.04. The van der Waals surface area contributed by atoms with Crippen LogP contribution in [0.4, 0.5) is 0 Å².